The van der Waals surface area contributed by atoms with E-state index in [1.165, 1.54) is 18.4 Å². The van der Waals surface area contributed by atoms with Crippen LogP contribution in [0.4, 0.5) is 0 Å². The van der Waals surface area contributed by atoms with E-state index >= 15 is 0 Å². The zero-order valence-corrected chi connectivity index (χ0v) is 13.9. The van der Waals surface area contributed by atoms with Crippen LogP contribution in [0.25, 0.3) is 11.5 Å². The van der Waals surface area contributed by atoms with Crippen molar-refractivity contribution in [1.82, 2.24) is 4.98 Å². The van der Waals surface area contributed by atoms with Crippen LogP contribution in [0.3, 0.4) is 0 Å². The molecule has 1 aliphatic carbocycles. The molecule has 116 valence electrons. The van der Waals surface area contributed by atoms with E-state index in [2.05, 4.69) is 24.0 Å². The summed E-state index contributed by atoms with van der Waals surface area (Å²) in [5.74, 6) is 3.87. The van der Waals surface area contributed by atoms with E-state index in [0.717, 1.165) is 29.2 Å². The van der Waals surface area contributed by atoms with E-state index in [4.69, 9.17) is 4.42 Å². The molecule has 0 radical (unpaired) electrons. The van der Waals surface area contributed by atoms with Crippen molar-refractivity contribution in [2.45, 2.75) is 38.9 Å². The summed E-state index contributed by atoms with van der Waals surface area (Å²) in [6, 6.07) is 8.16. The third-order valence-electron chi connectivity index (χ3n) is 3.91. The number of aromatic nitrogens is 1. The highest BCUT2D eigenvalue weighted by Gasteiger charge is 2.24. The average molecular weight is 315 g/mol. The molecule has 1 aromatic heterocycles. The fourth-order valence-electron chi connectivity index (χ4n) is 2.35. The molecule has 0 N–H and O–H groups in total. The standard InChI is InChI=1S/C18H21NO2S/c1-12-3-7-15(8-4-12)18-19-17(13(2)21-18)11-22-10-16(20)9-14-5-6-14/h3-4,7-8,14H,5-6,9-11H2,1-2H3. The Balaban J connectivity index is 1.57. The summed E-state index contributed by atoms with van der Waals surface area (Å²) in [4.78, 5) is 16.3. The van der Waals surface area contributed by atoms with Crippen LogP contribution in [0.15, 0.2) is 28.7 Å². The minimum Gasteiger partial charge on any atom is -0.441 e. The number of carbonyl (C=O) groups excluding carboxylic acids is 1. The van der Waals surface area contributed by atoms with Crippen molar-refractivity contribution >= 4 is 17.5 Å². The summed E-state index contributed by atoms with van der Waals surface area (Å²) in [5.41, 5.74) is 3.16. The molecule has 2 aromatic rings. The number of aryl methyl sites for hydroxylation is 2. The number of oxazole rings is 1. The van der Waals surface area contributed by atoms with E-state index in [1.54, 1.807) is 11.8 Å². The van der Waals surface area contributed by atoms with Crippen LogP contribution >= 0.6 is 11.8 Å². The Morgan fingerprint density at radius 1 is 1.27 bits per heavy atom. The third kappa shape index (κ3) is 4.01. The predicted octanol–water partition coefficient (Wildman–Crippen LogP) is 4.56. The van der Waals surface area contributed by atoms with Gasteiger partial charge in [0.1, 0.15) is 11.5 Å². The second kappa shape index (κ2) is 6.69. The number of carbonyl (C=O) groups is 1. The molecule has 0 amide bonds. The van der Waals surface area contributed by atoms with Gasteiger partial charge in [-0.1, -0.05) is 17.7 Å². The molecule has 0 aliphatic heterocycles. The van der Waals surface area contributed by atoms with Crippen LogP contribution < -0.4 is 0 Å². The lowest BCUT2D eigenvalue weighted by Crippen LogP contribution is -2.02. The molecule has 1 heterocycles. The van der Waals surface area contributed by atoms with Gasteiger partial charge in [-0.25, -0.2) is 4.98 Å². The predicted molar refractivity (Wildman–Crippen MR) is 89.9 cm³/mol. The van der Waals surface area contributed by atoms with Crippen LogP contribution in [0.2, 0.25) is 0 Å². The van der Waals surface area contributed by atoms with Gasteiger partial charge in [-0.3, -0.25) is 4.79 Å². The molecule has 0 bridgehead atoms. The summed E-state index contributed by atoms with van der Waals surface area (Å²) >= 11 is 1.64. The van der Waals surface area contributed by atoms with Crippen LogP contribution in [0.1, 0.15) is 36.3 Å². The van der Waals surface area contributed by atoms with Crippen molar-refractivity contribution in [2.24, 2.45) is 5.92 Å². The Kier molecular flexibility index (Phi) is 4.67. The lowest BCUT2D eigenvalue weighted by atomic mass is 10.1. The number of hydrogen-bond acceptors (Lipinski definition) is 4. The number of thioether (sulfide) groups is 1. The SMILES string of the molecule is Cc1ccc(-c2nc(CSCC(=O)CC3CC3)c(C)o2)cc1. The molecular formula is C18H21NO2S. The number of nitrogens with zero attached hydrogens (tertiary/aromatic N) is 1. The molecule has 1 aliphatic rings. The van der Waals surface area contributed by atoms with Crippen molar-refractivity contribution in [1.29, 1.82) is 0 Å². The van der Waals surface area contributed by atoms with Gasteiger partial charge in [-0.15, -0.1) is 11.8 Å². The Morgan fingerprint density at radius 2 is 2.00 bits per heavy atom. The maximum Gasteiger partial charge on any atom is 0.226 e. The maximum absolute atomic E-state index is 11.8. The number of hydrogen-bond donors (Lipinski definition) is 0. The lowest BCUT2D eigenvalue weighted by molar-refractivity contribution is -0.116. The van der Waals surface area contributed by atoms with Crippen molar-refractivity contribution in [2.75, 3.05) is 5.75 Å². The van der Waals surface area contributed by atoms with Gasteiger partial charge in [0, 0.05) is 17.7 Å². The number of rotatable bonds is 7. The maximum atomic E-state index is 11.8. The van der Waals surface area contributed by atoms with Crippen LogP contribution in [-0.2, 0) is 10.5 Å². The molecule has 1 aromatic carbocycles. The second-order valence-corrected chi connectivity index (χ2v) is 7.05. The van der Waals surface area contributed by atoms with Crippen LogP contribution in [0.5, 0.6) is 0 Å². The quantitative estimate of drug-likeness (QED) is 0.751. The summed E-state index contributed by atoms with van der Waals surface area (Å²) in [7, 11) is 0. The van der Waals surface area contributed by atoms with Gasteiger partial charge in [0.15, 0.2) is 0 Å². The smallest absolute Gasteiger partial charge is 0.226 e. The van der Waals surface area contributed by atoms with Gasteiger partial charge in [0.25, 0.3) is 0 Å². The number of Topliss-reactive ketones (excluding diaryl/α,β-unsaturated/α-hetero) is 1. The summed E-state index contributed by atoms with van der Waals surface area (Å²) in [5, 5.41) is 0. The van der Waals surface area contributed by atoms with Gasteiger partial charge in [-0.05, 0) is 44.7 Å². The Morgan fingerprint density at radius 3 is 2.68 bits per heavy atom. The summed E-state index contributed by atoms with van der Waals surface area (Å²) in [6.45, 7) is 4.00. The summed E-state index contributed by atoms with van der Waals surface area (Å²) < 4.78 is 5.76. The minimum absolute atomic E-state index is 0.368. The monoisotopic (exact) mass is 315 g/mol. The van der Waals surface area contributed by atoms with E-state index < -0.39 is 0 Å². The molecule has 22 heavy (non-hydrogen) atoms. The van der Waals surface area contributed by atoms with Gasteiger partial charge in [0.05, 0.1) is 11.4 Å². The first-order valence-electron chi connectivity index (χ1n) is 7.74. The second-order valence-electron chi connectivity index (χ2n) is 6.07. The topological polar surface area (TPSA) is 43.1 Å². The highest BCUT2D eigenvalue weighted by Crippen LogP contribution is 2.33. The molecule has 0 atom stereocenters. The van der Waals surface area contributed by atoms with E-state index in [-0.39, 0.29) is 0 Å². The van der Waals surface area contributed by atoms with Gasteiger partial charge in [-0.2, -0.15) is 0 Å². The van der Waals surface area contributed by atoms with Crippen LogP contribution in [0, 0.1) is 19.8 Å². The first-order valence-corrected chi connectivity index (χ1v) is 8.90. The molecule has 0 unspecified atom stereocenters. The van der Waals surface area contributed by atoms with Crippen molar-refractivity contribution in [3.63, 3.8) is 0 Å². The van der Waals surface area contributed by atoms with Crippen molar-refractivity contribution < 1.29 is 9.21 Å². The van der Waals surface area contributed by atoms with Crippen LogP contribution in [-0.4, -0.2) is 16.5 Å². The van der Waals surface area contributed by atoms with Gasteiger partial charge in [0.2, 0.25) is 5.89 Å². The Hall–Kier alpha value is -1.55. The lowest BCUT2D eigenvalue weighted by Gasteiger charge is -1.99. The highest BCUT2D eigenvalue weighted by atomic mass is 32.2. The van der Waals surface area contributed by atoms with E-state index in [9.17, 15) is 4.79 Å². The fraction of sp³-hybridized carbons (Fsp3) is 0.444. The zero-order valence-electron chi connectivity index (χ0n) is 13.1. The molecule has 3 rings (SSSR count). The highest BCUT2D eigenvalue weighted by molar-refractivity contribution is 7.99. The Bertz CT molecular complexity index is 656. The number of benzene rings is 1. The van der Waals surface area contributed by atoms with Gasteiger partial charge < -0.3 is 4.42 Å². The minimum atomic E-state index is 0.368. The molecule has 4 heteroatoms. The fourth-order valence-corrected chi connectivity index (χ4v) is 3.25. The van der Waals surface area contributed by atoms with Crippen molar-refractivity contribution in [3.8, 4) is 11.5 Å². The Labute approximate surface area is 135 Å². The molecule has 0 saturated heterocycles. The largest absolute Gasteiger partial charge is 0.441 e. The number of ketones is 1. The molecular weight excluding hydrogens is 294 g/mol. The van der Waals surface area contributed by atoms with E-state index in [1.807, 2.05) is 19.1 Å². The molecule has 1 fully saturated rings. The average Bonchev–Trinajstić information content (AvgIpc) is 3.22. The molecule has 3 nitrogen and oxygen atoms in total. The molecule has 1 saturated carbocycles. The summed E-state index contributed by atoms with van der Waals surface area (Å²) in [6.07, 6.45) is 3.23. The normalized spacial score (nSPS) is 14.3. The third-order valence-corrected chi connectivity index (χ3v) is 4.91. The first-order chi connectivity index (χ1) is 10.6. The first kappa shape index (κ1) is 15.3. The van der Waals surface area contributed by atoms with Crippen molar-refractivity contribution in [3.05, 3.63) is 41.3 Å². The van der Waals surface area contributed by atoms with E-state index in [0.29, 0.717) is 23.3 Å². The van der Waals surface area contributed by atoms with Gasteiger partial charge >= 0.3 is 0 Å². The zero-order chi connectivity index (χ0) is 15.5. The molecule has 0 spiro atoms.